The summed E-state index contributed by atoms with van der Waals surface area (Å²) in [5.74, 6) is 0. The van der Waals surface area contributed by atoms with Crippen molar-refractivity contribution in [1.29, 1.82) is 0 Å². The van der Waals surface area contributed by atoms with Crippen LogP contribution in [0, 0.1) is 0 Å². The second-order valence-corrected chi connectivity index (χ2v) is 13.0. The second kappa shape index (κ2) is 11.5. The average molecular weight is 647 g/mol. The van der Waals surface area contributed by atoms with Crippen molar-refractivity contribution in [3.05, 3.63) is 102 Å². The summed E-state index contributed by atoms with van der Waals surface area (Å²) in [6, 6.07) is 16.8. The summed E-state index contributed by atoms with van der Waals surface area (Å²) in [6.07, 6.45) is -7.80. The van der Waals surface area contributed by atoms with Gasteiger partial charge in [0.05, 0.1) is 32.3 Å². The van der Waals surface area contributed by atoms with Crippen LogP contribution < -0.4 is 9.44 Å². The molecule has 4 aromatic rings. The Labute approximate surface area is 241 Å². The maximum Gasteiger partial charge on any atom is 0.416 e. The fourth-order valence-electron chi connectivity index (χ4n) is 3.77. The fraction of sp³-hybridized carbons (Fsp3) is 0.111. The zero-order valence-corrected chi connectivity index (χ0v) is 23.7. The van der Waals surface area contributed by atoms with Gasteiger partial charge in [0.15, 0.2) is 0 Å². The van der Waals surface area contributed by atoms with E-state index in [0.717, 1.165) is 29.2 Å². The minimum Gasteiger partial charge on any atom is -0.277 e. The largest absolute Gasteiger partial charge is 0.416 e. The molecule has 6 nitrogen and oxygen atoms in total. The Balaban J connectivity index is 1.79. The molecule has 0 fully saturated rings. The van der Waals surface area contributed by atoms with Gasteiger partial charge in [0.2, 0.25) is 0 Å². The molecule has 0 unspecified atom stereocenters. The summed E-state index contributed by atoms with van der Waals surface area (Å²) < 4.78 is 136. The Kier molecular flexibility index (Phi) is 8.58. The summed E-state index contributed by atoms with van der Waals surface area (Å²) >= 11 is 1.47. The molecule has 0 aliphatic heterocycles. The first-order valence-electron chi connectivity index (χ1n) is 11.7. The van der Waals surface area contributed by atoms with E-state index in [4.69, 9.17) is 0 Å². The summed E-state index contributed by atoms with van der Waals surface area (Å²) in [5.41, 5.74) is -2.20. The van der Waals surface area contributed by atoms with E-state index in [1.165, 1.54) is 30.0 Å². The number of hydrogen-bond donors (Lipinski definition) is 2. The minimum absolute atomic E-state index is 0.380. The van der Waals surface area contributed by atoms with Crippen molar-refractivity contribution in [2.24, 2.45) is 0 Å². The van der Waals surface area contributed by atoms with Gasteiger partial charge in [-0.2, -0.15) is 26.3 Å². The maximum absolute atomic E-state index is 13.2. The van der Waals surface area contributed by atoms with E-state index in [1.807, 2.05) is 6.26 Å². The van der Waals surface area contributed by atoms with Crippen LogP contribution in [0.2, 0.25) is 0 Å². The van der Waals surface area contributed by atoms with Crippen molar-refractivity contribution in [2.45, 2.75) is 27.0 Å². The molecule has 0 bridgehead atoms. The molecule has 0 aliphatic carbocycles. The van der Waals surface area contributed by atoms with E-state index in [9.17, 15) is 43.2 Å². The van der Waals surface area contributed by atoms with Crippen molar-refractivity contribution < 1.29 is 43.2 Å². The molecule has 0 spiro atoms. The van der Waals surface area contributed by atoms with Gasteiger partial charge in [0.1, 0.15) is 0 Å². The van der Waals surface area contributed by atoms with E-state index in [1.54, 1.807) is 24.3 Å². The number of thioether (sulfide) groups is 1. The van der Waals surface area contributed by atoms with Gasteiger partial charge in [-0.15, -0.1) is 11.8 Å². The predicted molar refractivity (Wildman–Crippen MR) is 148 cm³/mol. The summed E-state index contributed by atoms with van der Waals surface area (Å²) in [5, 5.41) is 0. The SMILES string of the molecule is CSc1ccc(-c2ccc(NS(=O)(=O)c3cccc(C(F)(F)F)c3)c(NS(=O)(=O)c3cccc(C(F)(F)F)c3)c2)cc1. The lowest BCUT2D eigenvalue weighted by atomic mass is 10.0. The quantitative estimate of drug-likeness (QED) is 0.151. The van der Waals surface area contributed by atoms with Crippen molar-refractivity contribution >= 4 is 43.2 Å². The molecule has 0 aromatic heterocycles. The predicted octanol–water partition coefficient (Wildman–Crippen LogP) is 7.71. The molecule has 15 heteroatoms. The van der Waals surface area contributed by atoms with E-state index in [0.29, 0.717) is 35.4 Å². The molecule has 0 aliphatic rings. The third kappa shape index (κ3) is 7.20. The molecule has 0 heterocycles. The molecule has 0 saturated carbocycles. The minimum atomic E-state index is -4.83. The molecular weight excluding hydrogens is 626 g/mol. The van der Waals surface area contributed by atoms with Crippen molar-refractivity contribution in [3.8, 4) is 11.1 Å². The average Bonchev–Trinajstić information content (AvgIpc) is 2.93. The van der Waals surface area contributed by atoms with Crippen LogP contribution in [-0.4, -0.2) is 23.1 Å². The number of nitrogens with one attached hydrogen (secondary N) is 2. The lowest BCUT2D eigenvalue weighted by molar-refractivity contribution is -0.138. The van der Waals surface area contributed by atoms with E-state index >= 15 is 0 Å². The van der Waals surface area contributed by atoms with Gasteiger partial charge in [-0.05, 0) is 78.0 Å². The van der Waals surface area contributed by atoms with Crippen molar-refractivity contribution in [3.63, 3.8) is 0 Å². The van der Waals surface area contributed by atoms with Gasteiger partial charge in [0.25, 0.3) is 20.0 Å². The Bertz CT molecular complexity index is 1820. The monoisotopic (exact) mass is 646 g/mol. The van der Waals surface area contributed by atoms with E-state index in [2.05, 4.69) is 9.44 Å². The first-order chi connectivity index (χ1) is 19.5. The van der Waals surface area contributed by atoms with E-state index < -0.39 is 53.3 Å². The third-order valence-electron chi connectivity index (χ3n) is 5.87. The highest BCUT2D eigenvalue weighted by Gasteiger charge is 2.33. The van der Waals surface area contributed by atoms with Crippen LogP contribution in [0.4, 0.5) is 37.7 Å². The van der Waals surface area contributed by atoms with Crippen LogP contribution in [0.5, 0.6) is 0 Å². The first kappa shape index (κ1) is 31.3. The van der Waals surface area contributed by atoms with Gasteiger partial charge >= 0.3 is 12.4 Å². The van der Waals surface area contributed by atoms with Crippen LogP contribution in [0.1, 0.15) is 11.1 Å². The number of hydrogen-bond acceptors (Lipinski definition) is 5. The number of alkyl halides is 6. The Morgan fingerprint density at radius 1 is 0.571 bits per heavy atom. The number of anilines is 2. The molecule has 0 amide bonds. The summed E-state index contributed by atoms with van der Waals surface area (Å²) in [4.78, 5) is -0.575. The standard InChI is InChI=1S/C27H20F6N2O4S3/c1-40-21-11-8-17(9-12-21)18-10-13-24(34-41(36,37)22-6-2-4-19(15-22)26(28,29)30)25(14-18)35-42(38,39)23-7-3-5-20(16-23)27(31,32)33/h2-16,34-35H,1H3. The molecule has 42 heavy (non-hydrogen) atoms. The van der Waals surface area contributed by atoms with Gasteiger partial charge in [-0.3, -0.25) is 9.44 Å². The Hall–Kier alpha value is -3.69. The third-order valence-corrected chi connectivity index (χ3v) is 9.34. The zero-order valence-electron chi connectivity index (χ0n) is 21.3. The molecular formula is C27H20F6N2O4S3. The zero-order chi connectivity index (χ0) is 30.9. The van der Waals surface area contributed by atoms with Gasteiger partial charge in [-0.25, -0.2) is 16.8 Å². The lowest BCUT2D eigenvalue weighted by Gasteiger charge is -2.17. The maximum atomic E-state index is 13.2. The van der Waals surface area contributed by atoms with E-state index in [-0.39, 0.29) is 11.4 Å². The number of benzene rings is 4. The smallest absolute Gasteiger partial charge is 0.277 e. The fourth-order valence-corrected chi connectivity index (χ4v) is 6.42. The van der Waals surface area contributed by atoms with Crippen molar-refractivity contribution in [1.82, 2.24) is 0 Å². The molecule has 4 rings (SSSR count). The molecule has 2 N–H and O–H groups in total. The molecule has 222 valence electrons. The Morgan fingerprint density at radius 2 is 1.02 bits per heavy atom. The Morgan fingerprint density at radius 3 is 1.48 bits per heavy atom. The van der Waals surface area contributed by atoms with Crippen LogP contribution in [-0.2, 0) is 32.4 Å². The van der Waals surface area contributed by atoms with Crippen LogP contribution in [0.3, 0.4) is 0 Å². The molecule has 0 atom stereocenters. The summed E-state index contributed by atoms with van der Waals surface area (Å²) in [7, 11) is -9.40. The number of rotatable bonds is 8. The normalized spacial score (nSPS) is 12.6. The van der Waals surface area contributed by atoms with Crippen LogP contribution >= 0.6 is 11.8 Å². The first-order valence-corrected chi connectivity index (χ1v) is 15.9. The number of halogens is 6. The summed E-state index contributed by atoms with van der Waals surface area (Å²) in [6.45, 7) is 0. The highest BCUT2D eigenvalue weighted by atomic mass is 32.2. The second-order valence-electron chi connectivity index (χ2n) is 8.75. The van der Waals surface area contributed by atoms with Crippen LogP contribution in [0.15, 0.2) is 106 Å². The molecule has 0 radical (unpaired) electrons. The molecule has 4 aromatic carbocycles. The van der Waals surface area contributed by atoms with Gasteiger partial charge < -0.3 is 0 Å². The highest BCUT2D eigenvalue weighted by Crippen LogP contribution is 2.36. The molecule has 0 saturated heterocycles. The number of sulfonamides is 2. The van der Waals surface area contributed by atoms with Crippen molar-refractivity contribution in [2.75, 3.05) is 15.7 Å². The van der Waals surface area contributed by atoms with Crippen LogP contribution in [0.25, 0.3) is 11.1 Å². The lowest BCUT2D eigenvalue weighted by Crippen LogP contribution is -2.18. The van der Waals surface area contributed by atoms with Gasteiger partial charge in [-0.1, -0.05) is 30.3 Å². The van der Waals surface area contributed by atoms with Gasteiger partial charge in [0, 0.05) is 4.90 Å². The topological polar surface area (TPSA) is 92.3 Å². The highest BCUT2D eigenvalue weighted by molar-refractivity contribution is 7.98.